The summed E-state index contributed by atoms with van der Waals surface area (Å²) in [5.41, 5.74) is 2.49. The highest BCUT2D eigenvalue weighted by Gasteiger charge is 2.31. The molecule has 2 aliphatic rings. The Hall–Kier alpha value is -2.62. The monoisotopic (exact) mass is 404 g/mol. The molecule has 28 heavy (non-hydrogen) atoms. The van der Waals surface area contributed by atoms with Crippen LogP contribution in [0.3, 0.4) is 0 Å². The number of fused-ring (bicyclic) bond motifs is 1. The van der Waals surface area contributed by atoms with E-state index in [0.717, 1.165) is 11.3 Å². The molecule has 1 aromatic heterocycles. The van der Waals surface area contributed by atoms with E-state index in [9.17, 15) is 9.59 Å². The van der Waals surface area contributed by atoms with E-state index in [4.69, 9.17) is 16.4 Å². The maximum absolute atomic E-state index is 12.7. The molecule has 3 heterocycles. The number of hydrogen-bond donors (Lipinski definition) is 3. The first kappa shape index (κ1) is 18.7. The molecule has 0 aliphatic carbocycles. The fraction of sp³-hybridized carbons (Fsp3) is 0.389. The molecule has 3 amide bonds. The molecule has 148 valence electrons. The standard InChI is InChI=1S/C18H21ClN6O3/c1-24(28-13-8-20-9-13)17(26)16-14-10-25(6-5-15(14)22-23-16)18(27)21-12-4-2-3-11(19)7-12/h2-4,7,13,20H,5-6,8-10H2,1H3,(H,21,27)(H,22,23). The first-order chi connectivity index (χ1) is 13.5. The van der Waals surface area contributed by atoms with Gasteiger partial charge in [0.1, 0.15) is 6.10 Å². The van der Waals surface area contributed by atoms with Crippen LogP contribution < -0.4 is 10.6 Å². The van der Waals surface area contributed by atoms with E-state index in [1.165, 1.54) is 5.06 Å². The smallest absolute Gasteiger partial charge is 0.320 e. The zero-order valence-corrected chi connectivity index (χ0v) is 16.1. The number of aromatic nitrogens is 2. The summed E-state index contributed by atoms with van der Waals surface area (Å²) in [5.74, 6) is -0.332. The quantitative estimate of drug-likeness (QED) is 0.672. The minimum atomic E-state index is -0.332. The maximum atomic E-state index is 12.7. The van der Waals surface area contributed by atoms with E-state index in [0.29, 0.717) is 36.8 Å². The Kier molecular flexibility index (Phi) is 5.21. The average Bonchev–Trinajstić information content (AvgIpc) is 3.07. The van der Waals surface area contributed by atoms with Crippen molar-refractivity contribution in [3.8, 4) is 0 Å². The van der Waals surface area contributed by atoms with Gasteiger partial charge in [-0.25, -0.2) is 9.86 Å². The third-order valence-electron chi connectivity index (χ3n) is 4.84. The van der Waals surface area contributed by atoms with Crippen LogP contribution >= 0.6 is 11.6 Å². The van der Waals surface area contributed by atoms with Gasteiger partial charge in [-0.2, -0.15) is 5.10 Å². The third kappa shape index (κ3) is 3.82. The van der Waals surface area contributed by atoms with E-state index in [-0.39, 0.29) is 30.3 Å². The lowest BCUT2D eigenvalue weighted by atomic mass is 10.1. The number of hydroxylamine groups is 2. The number of carbonyl (C=O) groups is 2. The molecule has 0 atom stereocenters. The van der Waals surface area contributed by atoms with Gasteiger partial charge in [-0.05, 0) is 18.2 Å². The molecule has 0 radical (unpaired) electrons. The van der Waals surface area contributed by atoms with Crippen LogP contribution in [-0.4, -0.2) is 64.9 Å². The lowest BCUT2D eigenvalue weighted by Gasteiger charge is -2.31. The van der Waals surface area contributed by atoms with Crippen molar-refractivity contribution in [2.24, 2.45) is 0 Å². The molecule has 1 saturated heterocycles. The first-order valence-corrected chi connectivity index (χ1v) is 9.42. The summed E-state index contributed by atoms with van der Waals surface area (Å²) < 4.78 is 0. The molecular weight excluding hydrogens is 384 g/mol. The summed E-state index contributed by atoms with van der Waals surface area (Å²) in [6, 6.07) is 6.72. The van der Waals surface area contributed by atoms with Crippen molar-refractivity contribution in [1.29, 1.82) is 0 Å². The number of amides is 3. The lowest BCUT2D eigenvalue weighted by Crippen LogP contribution is -2.51. The van der Waals surface area contributed by atoms with Gasteiger partial charge in [0, 0.05) is 55.1 Å². The Morgan fingerprint density at radius 3 is 2.93 bits per heavy atom. The van der Waals surface area contributed by atoms with Gasteiger partial charge in [0.25, 0.3) is 5.91 Å². The second-order valence-electron chi connectivity index (χ2n) is 6.83. The zero-order valence-electron chi connectivity index (χ0n) is 15.4. The average molecular weight is 405 g/mol. The molecule has 10 heteroatoms. The topological polar surface area (TPSA) is 103 Å². The van der Waals surface area contributed by atoms with E-state index in [1.807, 2.05) is 0 Å². The van der Waals surface area contributed by atoms with Gasteiger partial charge in [-0.1, -0.05) is 17.7 Å². The minimum Gasteiger partial charge on any atom is -0.320 e. The molecule has 1 fully saturated rings. The number of nitrogens with zero attached hydrogens (tertiary/aromatic N) is 3. The Labute approximate surface area is 166 Å². The Morgan fingerprint density at radius 1 is 1.39 bits per heavy atom. The molecule has 2 aliphatic heterocycles. The van der Waals surface area contributed by atoms with Gasteiger partial charge in [-0.15, -0.1) is 0 Å². The molecule has 0 bridgehead atoms. The van der Waals surface area contributed by atoms with Crippen LogP contribution in [0.15, 0.2) is 24.3 Å². The molecular formula is C18H21ClN6O3. The second-order valence-corrected chi connectivity index (χ2v) is 7.27. The molecule has 1 aromatic carbocycles. The molecule has 4 rings (SSSR count). The van der Waals surface area contributed by atoms with E-state index >= 15 is 0 Å². The van der Waals surface area contributed by atoms with E-state index in [1.54, 1.807) is 36.2 Å². The maximum Gasteiger partial charge on any atom is 0.322 e. The summed E-state index contributed by atoms with van der Waals surface area (Å²) in [4.78, 5) is 32.6. The molecule has 0 unspecified atom stereocenters. The normalized spacial score (nSPS) is 16.3. The zero-order chi connectivity index (χ0) is 19.7. The molecule has 9 nitrogen and oxygen atoms in total. The van der Waals surface area contributed by atoms with Gasteiger partial charge >= 0.3 is 6.03 Å². The minimum absolute atomic E-state index is 0.0105. The third-order valence-corrected chi connectivity index (χ3v) is 5.07. The van der Waals surface area contributed by atoms with Crippen molar-refractivity contribution in [1.82, 2.24) is 25.5 Å². The number of rotatable bonds is 4. The molecule has 0 spiro atoms. The van der Waals surface area contributed by atoms with Crippen LogP contribution in [0.1, 0.15) is 21.7 Å². The molecule has 0 saturated carbocycles. The molecule has 3 N–H and O–H groups in total. The summed E-state index contributed by atoms with van der Waals surface area (Å²) in [5, 5.41) is 14.8. The number of urea groups is 1. The van der Waals surface area contributed by atoms with Gasteiger partial charge in [0.05, 0.1) is 6.54 Å². The highest BCUT2D eigenvalue weighted by Crippen LogP contribution is 2.23. The number of aromatic amines is 1. The fourth-order valence-electron chi connectivity index (χ4n) is 3.17. The van der Waals surface area contributed by atoms with Gasteiger partial charge < -0.3 is 15.5 Å². The van der Waals surface area contributed by atoms with Crippen LogP contribution in [-0.2, 0) is 17.8 Å². The second kappa shape index (κ2) is 7.78. The number of carbonyl (C=O) groups excluding carboxylic acids is 2. The number of H-pyrrole nitrogens is 1. The first-order valence-electron chi connectivity index (χ1n) is 9.04. The highest BCUT2D eigenvalue weighted by atomic mass is 35.5. The lowest BCUT2D eigenvalue weighted by molar-refractivity contribution is -0.161. The Balaban J connectivity index is 1.44. The number of nitrogens with one attached hydrogen (secondary N) is 3. The summed E-state index contributed by atoms with van der Waals surface area (Å²) >= 11 is 5.97. The number of hydrogen-bond acceptors (Lipinski definition) is 5. The van der Waals surface area contributed by atoms with Crippen molar-refractivity contribution < 1.29 is 14.4 Å². The summed E-state index contributed by atoms with van der Waals surface area (Å²) in [6.07, 6.45) is 0.582. The fourth-order valence-corrected chi connectivity index (χ4v) is 3.36. The van der Waals surface area contributed by atoms with Crippen molar-refractivity contribution in [3.63, 3.8) is 0 Å². The Morgan fingerprint density at radius 2 is 2.21 bits per heavy atom. The highest BCUT2D eigenvalue weighted by molar-refractivity contribution is 6.30. The largest absolute Gasteiger partial charge is 0.322 e. The van der Waals surface area contributed by atoms with Crippen molar-refractivity contribution in [3.05, 3.63) is 46.2 Å². The van der Waals surface area contributed by atoms with Gasteiger partial charge in [0.15, 0.2) is 5.69 Å². The summed E-state index contributed by atoms with van der Waals surface area (Å²) in [6.45, 7) is 2.24. The molecule has 2 aromatic rings. The predicted molar refractivity (Wildman–Crippen MR) is 103 cm³/mol. The Bertz CT molecular complexity index is 897. The predicted octanol–water partition coefficient (Wildman–Crippen LogP) is 1.63. The van der Waals surface area contributed by atoms with Gasteiger partial charge in [0.2, 0.25) is 0 Å². The van der Waals surface area contributed by atoms with Crippen LogP contribution in [0.5, 0.6) is 0 Å². The van der Waals surface area contributed by atoms with Crippen LogP contribution in [0.4, 0.5) is 10.5 Å². The van der Waals surface area contributed by atoms with Crippen molar-refractivity contribution in [2.45, 2.75) is 19.1 Å². The van der Waals surface area contributed by atoms with Crippen LogP contribution in [0.2, 0.25) is 5.02 Å². The van der Waals surface area contributed by atoms with Crippen LogP contribution in [0.25, 0.3) is 0 Å². The summed E-state index contributed by atoms with van der Waals surface area (Å²) in [7, 11) is 1.58. The van der Waals surface area contributed by atoms with E-state index < -0.39 is 0 Å². The van der Waals surface area contributed by atoms with Crippen molar-refractivity contribution in [2.75, 3.05) is 32.0 Å². The van der Waals surface area contributed by atoms with Crippen LogP contribution in [0, 0.1) is 0 Å². The van der Waals surface area contributed by atoms with Gasteiger partial charge in [-0.3, -0.25) is 14.7 Å². The number of benzene rings is 1. The van der Waals surface area contributed by atoms with E-state index in [2.05, 4.69) is 20.8 Å². The van der Waals surface area contributed by atoms with Crippen molar-refractivity contribution >= 4 is 29.2 Å². The SMILES string of the molecule is CN(OC1CNC1)C(=O)c1n[nH]c2c1CN(C(=O)Nc1cccc(Cl)c1)CC2. The number of halogens is 1. The number of anilines is 1.